The van der Waals surface area contributed by atoms with Gasteiger partial charge in [0.1, 0.15) is 0 Å². The van der Waals surface area contributed by atoms with Crippen LogP contribution in [0, 0.1) is 6.92 Å². The molecule has 5 heteroatoms. The monoisotopic (exact) mass is 246 g/mol. The van der Waals surface area contributed by atoms with Crippen LogP contribution in [0.15, 0.2) is 12.1 Å². The normalized spacial score (nSPS) is 10.9. The van der Waals surface area contributed by atoms with Crippen LogP contribution in [0.1, 0.15) is 5.69 Å². The lowest BCUT2D eigenvalue weighted by Gasteiger charge is -2.02. The fourth-order valence-electron chi connectivity index (χ4n) is 1.12. The van der Waals surface area contributed by atoms with Gasteiger partial charge in [-0.15, -0.1) is 0 Å². The van der Waals surface area contributed by atoms with Crippen molar-refractivity contribution >= 4 is 45.8 Å². The number of rotatable bonds is 0. The lowest BCUT2D eigenvalue weighted by atomic mass is 10.3. The van der Waals surface area contributed by atoms with E-state index in [0.717, 1.165) is 0 Å². The summed E-state index contributed by atoms with van der Waals surface area (Å²) in [5.74, 6) is 0. The lowest BCUT2D eigenvalue weighted by molar-refractivity contribution is 1.18. The first kappa shape index (κ1) is 9.97. The third-order valence-corrected chi connectivity index (χ3v) is 2.90. The molecule has 0 atom stereocenters. The molecule has 0 bridgehead atoms. The minimum atomic E-state index is 0.385. The summed E-state index contributed by atoms with van der Waals surface area (Å²) in [4.78, 5) is 8.38. The Morgan fingerprint density at radius 2 is 1.43 bits per heavy atom. The second kappa shape index (κ2) is 3.54. The van der Waals surface area contributed by atoms with Crippen molar-refractivity contribution in [2.45, 2.75) is 6.92 Å². The molecule has 2 nitrogen and oxygen atoms in total. The van der Waals surface area contributed by atoms with Gasteiger partial charge in [-0.2, -0.15) is 0 Å². The summed E-state index contributed by atoms with van der Waals surface area (Å²) in [6.45, 7) is 1.79. The van der Waals surface area contributed by atoms with Crippen LogP contribution < -0.4 is 0 Å². The van der Waals surface area contributed by atoms with Gasteiger partial charge in [-0.05, 0) is 19.1 Å². The van der Waals surface area contributed by atoms with Crippen molar-refractivity contribution in [1.29, 1.82) is 0 Å². The zero-order valence-electron chi connectivity index (χ0n) is 7.18. The van der Waals surface area contributed by atoms with Gasteiger partial charge in [-0.3, -0.25) is 0 Å². The smallest absolute Gasteiger partial charge is 0.150 e. The van der Waals surface area contributed by atoms with E-state index < -0.39 is 0 Å². The van der Waals surface area contributed by atoms with Crippen molar-refractivity contribution in [2.75, 3.05) is 0 Å². The summed E-state index contributed by atoms with van der Waals surface area (Å²) in [6.07, 6.45) is 0. The van der Waals surface area contributed by atoms with Gasteiger partial charge in [-0.1, -0.05) is 34.8 Å². The third kappa shape index (κ3) is 1.65. The molecule has 0 aliphatic heterocycles. The van der Waals surface area contributed by atoms with Crippen molar-refractivity contribution in [3.05, 3.63) is 33.0 Å². The van der Waals surface area contributed by atoms with Crippen LogP contribution in [0.3, 0.4) is 0 Å². The maximum Gasteiger partial charge on any atom is 0.150 e. The number of benzene rings is 1. The molecule has 0 spiro atoms. The minimum Gasteiger partial charge on any atom is -0.248 e. The fourth-order valence-corrected chi connectivity index (χ4v) is 1.57. The molecule has 0 amide bonds. The lowest BCUT2D eigenvalue weighted by Crippen LogP contribution is -1.90. The molecule has 72 valence electrons. The molecule has 1 aromatic heterocycles. The SMILES string of the molecule is Cc1nc2cc(Cl)c(Cl)cc2nc1Cl. The zero-order chi connectivity index (χ0) is 10.3. The van der Waals surface area contributed by atoms with Gasteiger partial charge in [0.2, 0.25) is 0 Å². The molecule has 2 aromatic rings. The van der Waals surface area contributed by atoms with Gasteiger partial charge < -0.3 is 0 Å². The molecule has 1 heterocycles. The average Bonchev–Trinajstić information content (AvgIpc) is 2.11. The predicted octanol–water partition coefficient (Wildman–Crippen LogP) is 3.90. The molecule has 0 aliphatic carbocycles. The van der Waals surface area contributed by atoms with E-state index in [1.807, 2.05) is 0 Å². The van der Waals surface area contributed by atoms with E-state index in [1.165, 1.54) is 0 Å². The highest BCUT2D eigenvalue weighted by atomic mass is 35.5. The molecule has 1 aromatic carbocycles. The Morgan fingerprint density at radius 3 is 2.00 bits per heavy atom. The van der Waals surface area contributed by atoms with Crippen molar-refractivity contribution < 1.29 is 0 Å². The van der Waals surface area contributed by atoms with E-state index in [2.05, 4.69) is 9.97 Å². The molecule has 0 unspecified atom stereocenters. The van der Waals surface area contributed by atoms with Crippen molar-refractivity contribution in [1.82, 2.24) is 9.97 Å². The maximum atomic E-state index is 5.85. The fraction of sp³-hybridized carbons (Fsp3) is 0.111. The molecule has 0 fully saturated rings. The van der Waals surface area contributed by atoms with Crippen molar-refractivity contribution in [2.24, 2.45) is 0 Å². The summed E-state index contributed by atoms with van der Waals surface area (Å²) in [7, 11) is 0. The predicted molar refractivity (Wildman–Crippen MR) is 59.3 cm³/mol. The first-order chi connectivity index (χ1) is 6.58. The minimum absolute atomic E-state index is 0.385. The quantitative estimate of drug-likeness (QED) is 0.705. The first-order valence-electron chi connectivity index (χ1n) is 3.87. The van der Waals surface area contributed by atoms with Crippen LogP contribution >= 0.6 is 34.8 Å². The summed E-state index contributed by atoms with van der Waals surface area (Å²) in [6, 6.07) is 3.33. The largest absolute Gasteiger partial charge is 0.248 e. The number of nitrogens with zero attached hydrogens (tertiary/aromatic N) is 2. The molecule has 0 aliphatic rings. The van der Waals surface area contributed by atoms with Crippen molar-refractivity contribution in [3.8, 4) is 0 Å². The topological polar surface area (TPSA) is 25.8 Å². The van der Waals surface area contributed by atoms with E-state index >= 15 is 0 Å². The number of aromatic nitrogens is 2. The molecule has 0 N–H and O–H groups in total. The summed E-state index contributed by atoms with van der Waals surface area (Å²) < 4.78 is 0. The first-order valence-corrected chi connectivity index (χ1v) is 5.00. The summed E-state index contributed by atoms with van der Waals surface area (Å²) in [5.41, 5.74) is 2.02. The van der Waals surface area contributed by atoms with Crippen LogP contribution in [0.5, 0.6) is 0 Å². The molecule has 0 saturated carbocycles. The van der Waals surface area contributed by atoms with Gasteiger partial charge in [-0.25, -0.2) is 9.97 Å². The highest BCUT2D eigenvalue weighted by Crippen LogP contribution is 2.27. The summed E-state index contributed by atoms with van der Waals surface area (Å²) in [5, 5.41) is 1.31. The highest BCUT2D eigenvalue weighted by molar-refractivity contribution is 6.42. The van der Waals surface area contributed by atoms with Gasteiger partial charge in [0, 0.05) is 0 Å². The van der Waals surface area contributed by atoms with E-state index in [0.29, 0.717) is 31.9 Å². The Morgan fingerprint density at radius 1 is 0.929 bits per heavy atom. The van der Waals surface area contributed by atoms with E-state index in [9.17, 15) is 0 Å². The van der Waals surface area contributed by atoms with Crippen LogP contribution in [0.4, 0.5) is 0 Å². The molecular weight excluding hydrogens is 242 g/mol. The average molecular weight is 248 g/mol. The molecule has 14 heavy (non-hydrogen) atoms. The van der Waals surface area contributed by atoms with Gasteiger partial charge in [0.05, 0.1) is 26.8 Å². The van der Waals surface area contributed by atoms with Crippen LogP contribution in [0.2, 0.25) is 15.2 Å². The highest BCUT2D eigenvalue weighted by Gasteiger charge is 2.06. The van der Waals surface area contributed by atoms with Crippen LogP contribution in [0.25, 0.3) is 11.0 Å². The Kier molecular flexibility index (Phi) is 2.52. The van der Waals surface area contributed by atoms with Gasteiger partial charge >= 0.3 is 0 Å². The molecule has 0 saturated heterocycles. The molecule has 2 rings (SSSR count). The third-order valence-electron chi connectivity index (χ3n) is 1.82. The molecule has 0 radical (unpaired) electrons. The van der Waals surface area contributed by atoms with E-state index in [1.54, 1.807) is 19.1 Å². The van der Waals surface area contributed by atoms with E-state index in [-0.39, 0.29) is 0 Å². The second-order valence-electron chi connectivity index (χ2n) is 2.85. The standard InChI is InChI=1S/C9H5Cl3N2/c1-4-9(12)14-8-3-6(11)5(10)2-7(8)13-4/h2-3H,1H3. The van der Waals surface area contributed by atoms with Crippen LogP contribution in [-0.2, 0) is 0 Å². The Hall–Kier alpha value is -0.570. The Balaban J connectivity index is 2.83. The van der Waals surface area contributed by atoms with Crippen molar-refractivity contribution in [3.63, 3.8) is 0 Å². The van der Waals surface area contributed by atoms with E-state index in [4.69, 9.17) is 34.8 Å². The van der Waals surface area contributed by atoms with Gasteiger partial charge in [0.25, 0.3) is 0 Å². The Labute approximate surface area is 95.8 Å². The number of halogens is 3. The number of fused-ring (bicyclic) bond motifs is 1. The summed E-state index contributed by atoms with van der Waals surface area (Å²) >= 11 is 17.5. The number of hydrogen-bond acceptors (Lipinski definition) is 2. The molecular formula is C9H5Cl3N2. The maximum absolute atomic E-state index is 5.85. The van der Waals surface area contributed by atoms with Gasteiger partial charge in [0.15, 0.2) is 5.15 Å². The zero-order valence-corrected chi connectivity index (χ0v) is 9.45. The number of hydrogen-bond donors (Lipinski definition) is 0. The number of aryl methyl sites for hydroxylation is 1. The van der Waals surface area contributed by atoms with Crippen LogP contribution in [-0.4, -0.2) is 9.97 Å². The Bertz CT molecular complexity index is 422. The second-order valence-corrected chi connectivity index (χ2v) is 4.03.